The molecular weight excluding hydrogens is 286 g/mol. The van der Waals surface area contributed by atoms with Crippen LogP contribution >= 0.6 is 15.9 Å². The minimum absolute atomic E-state index is 0.0355. The van der Waals surface area contributed by atoms with Crippen molar-refractivity contribution in [3.8, 4) is 0 Å². The lowest BCUT2D eigenvalue weighted by Crippen LogP contribution is -2.25. The number of hydrogen-bond acceptors (Lipinski definition) is 3. The zero-order chi connectivity index (χ0) is 13.0. The van der Waals surface area contributed by atoms with Gasteiger partial charge in [0, 0.05) is 22.7 Å². The molecule has 0 saturated carbocycles. The van der Waals surface area contributed by atoms with Gasteiger partial charge in [-0.3, -0.25) is 10.1 Å². The van der Waals surface area contributed by atoms with Crippen molar-refractivity contribution in [1.82, 2.24) is 0 Å². The van der Waals surface area contributed by atoms with Gasteiger partial charge in [0.25, 0.3) is 0 Å². The Morgan fingerprint density at radius 2 is 1.94 bits per heavy atom. The van der Waals surface area contributed by atoms with E-state index in [1.54, 1.807) is 0 Å². The van der Waals surface area contributed by atoms with Gasteiger partial charge >= 0.3 is 0 Å². The van der Waals surface area contributed by atoms with E-state index in [0.717, 1.165) is 10.0 Å². The fourth-order valence-corrected chi connectivity index (χ4v) is 2.00. The topological polar surface area (TPSA) is 60.2 Å². The molecule has 0 aliphatic carbocycles. The fraction of sp³-hybridized carbons (Fsp3) is 0.417. The molecule has 5 heteroatoms. The third-order valence-corrected chi connectivity index (χ3v) is 3.25. The fourth-order valence-electron chi connectivity index (χ4n) is 1.73. The molecule has 1 aromatic carbocycles. The van der Waals surface area contributed by atoms with E-state index in [1.165, 1.54) is 13.8 Å². The van der Waals surface area contributed by atoms with E-state index in [0.29, 0.717) is 0 Å². The summed E-state index contributed by atoms with van der Waals surface area (Å²) in [5.41, 5.74) is 0.826. The molecule has 0 aliphatic heterocycles. The third kappa shape index (κ3) is 3.93. The lowest BCUT2D eigenvalue weighted by atomic mass is 9.88. The van der Waals surface area contributed by atoms with Crippen LogP contribution in [0.5, 0.6) is 0 Å². The van der Waals surface area contributed by atoms with Crippen LogP contribution in [0, 0.1) is 10.1 Å². The quantitative estimate of drug-likeness (QED) is 0.620. The van der Waals surface area contributed by atoms with Crippen molar-refractivity contribution in [2.75, 3.05) is 0 Å². The van der Waals surface area contributed by atoms with E-state index >= 15 is 0 Å². The van der Waals surface area contributed by atoms with E-state index in [4.69, 9.17) is 0 Å². The molecule has 0 radical (unpaired) electrons. The van der Waals surface area contributed by atoms with Crippen molar-refractivity contribution in [2.45, 2.75) is 32.2 Å². The Morgan fingerprint density at radius 1 is 1.41 bits per heavy atom. The molecule has 1 unspecified atom stereocenters. The van der Waals surface area contributed by atoms with Gasteiger partial charge in [-0.2, -0.15) is 0 Å². The average molecular weight is 300 g/mol. The Bertz CT molecular complexity index is 416. The van der Waals surface area contributed by atoms with Gasteiger partial charge in [0.15, 0.2) is 0 Å². The van der Waals surface area contributed by atoms with Crippen LogP contribution in [0.4, 0.5) is 0 Å². The smallest absolute Gasteiger partial charge is 0.217 e. The van der Waals surface area contributed by atoms with Crippen LogP contribution in [0.15, 0.2) is 28.7 Å². The molecule has 17 heavy (non-hydrogen) atoms. The van der Waals surface area contributed by atoms with Crippen LogP contribution in [-0.2, 0) is 4.79 Å². The lowest BCUT2D eigenvalue weighted by molar-refractivity contribution is -0.522. The van der Waals surface area contributed by atoms with E-state index < -0.39 is 6.04 Å². The number of rotatable bonds is 5. The van der Waals surface area contributed by atoms with Crippen LogP contribution < -0.4 is 0 Å². The molecule has 0 aromatic heterocycles. The van der Waals surface area contributed by atoms with Gasteiger partial charge in [-0.15, -0.1) is 0 Å². The van der Waals surface area contributed by atoms with Crippen LogP contribution in [0.3, 0.4) is 0 Å². The molecule has 0 heterocycles. The molecule has 0 saturated heterocycles. The monoisotopic (exact) mass is 299 g/mol. The molecule has 1 aromatic rings. The molecule has 0 bridgehead atoms. The van der Waals surface area contributed by atoms with Gasteiger partial charge < -0.3 is 4.79 Å². The summed E-state index contributed by atoms with van der Waals surface area (Å²) >= 11 is 3.31. The van der Waals surface area contributed by atoms with Crippen LogP contribution in [0.2, 0.25) is 0 Å². The second-order valence-electron chi connectivity index (χ2n) is 4.09. The van der Waals surface area contributed by atoms with E-state index in [2.05, 4.69) is 15.9 Å². The molecule has 92 valence electrons. The molecule has 4 nitrogen and oxygen atoms in total. The lowest BCUT2D eigenvalue weighted by Gasteiger charge is -2.17. The standard InChI is InChI=1S/C12H14BrNO3/c1-8(15)7-12(9(2)14(16)17)10-3-5-11(13)6-4-10/h3-6,9,12H,7H2,1-2H3/t9?,12-/m0/s1. The van der Waals surface area contributed by atoms with Crippen molar-refractivity contribution < 1.29 is 9.72 Å². The first-order valence-corrected chi connectivity index (χ1v) is 6.09. The van der Waals surface area contributed by atoms with Crippen molar-refractivity contribution in [3.05, 3.63) is 44.4 Å². The highest BCUT2D eigenvalue weighted by atomic mass is 79.9. The number of carbonyl (C=O) groups is 1. The first-order valence-electron chi connectivity index (χ1n) is 5.30. The molecule has 0 spiro atoms. The summed E-state index contributed by atoms with van der Waals surface area (Å²) in [4.78, 5) is 21.7. The first-order chi connectivity index (χ1) is 7.91. The Labute approximate surface area is 108 Å². The van der Waals surface area contributed by atoms with Crippen molar-refractivity contribution in [1.29, 1.82) is 0 Å². The van der Waals surface area contributed by atoms with E-state index in [1.807, 2.05) is 24.3 Å². The molecule has 2 atom stereocenters. The number of benzene rings is 1. The zero-order valence-electron chi connectivity index (χ0n) is 9.72. The molecule has 0 fully saturated rings. The number of Topliss-reactive ketones (excluding diaryl/α,β-unsaturated/α-hetero) is 1. The second-order valence-corrected chi connectivity index (χ2v) is 5.01. The summed E-state index contributed by atoms with van der Waals surface area (Å²) in [5.74, 6) is -0.401. The van der Waals surface area contributed by atoms with Gasteiger partial charge in [0.2, 0.25) is 6.04 Å². The predicted molar refractivity (Wildman–Crippen MR) is 68.6 cm³/mol. The van der Waals surface area contributed by atoms with Crippen LogP contribution in [0.25, 0.3) is 0 Å². The Kier molecular flexibility index (Phi) is 4.81. The van der Waals surface area contributed by atoms with E-state index in [9.17, 15) is 14.9 Å². The summed E-state index contributed by atoms with van der Waals surface area (Å²) in [6.07, 6.45) is 0.198. The molecule has 0 amide bonds. The highest BCUT2D eigenvalue weighted by molar-refractivity contribution is 9.10. The van der Waals surface area contributed by atoms with Crippen LogP contribution in [0.1, 0.15) is 31.7 Å². The van der Waals surface area contributed by atoms with Crippen molar-refractivity contribution >= 4 is 21.7 Å². The summed E-state index contributed by atoms with van der Waals surface area (Å²) in [6, 6.07) is 6.53. The van der Waals surface area contributed by atoms with Gasteiger partial charge in [-0.1, -0.05) is 28.1 Å². The summed E-state index contributed by atoms with van der Waals surface area (Å²) in [5, 5.41) is 10.8. The van der Waals surface area contributed by atoms with Crippen molar-refractivity contribution in [2.24, 2.45) is 0 Å². The van der Waals surface area contributed by atoms with E-state index in [-0.39, 0.29) is 23.0 Å². The number of hydrogen-bond donors (Lipinski definition) is 0. The largest absolute Gasteiger partial charge is 0.300 e. The maximum absolute atomic E-state index is 11.2. The average Bonchev–Trinajstić information content (AvgIpc) is 2.26. The van der Waals surface area contributed by atoms with Crippen molar-refractivity contribution in [3.63, 3.8) is 0 Å². The Morgan fingerprint density at radius 3 is 2.35 bits per heavy atom. The minimum Gasteiger partial charge on any atom is -0.300 e. The summed E-state index contributed by atoms with van der Waals surface area (Å²) in [6.45, 7) is 2.99. The number of nitro groups is 1. The Balaban J connectivity index is 3.01. The first kappa shape index (κ1) is 13.8. The van der Waals surface area contributed by atoms with Gasteiger partial charge in [-0.05, 0) is 24.6 Å². The van der Waals surface area contributed by atoms with Crippen LogP contribution in [-0.4, -0.2) is 16.7 Å². The van der Waals surface area contributed by atoms with Gasteiger partial charge in [0.1, 0.15) is 5.78 Å². The maximum atomic E-state index is 11.2. The second kappa shape index (κ2) is 5.91. The van der Waals surface area contributed by atoms with Gasteiger partial charge in [0.05, 0.1) is 5.92 Å². The molecule has 1 rings (SSSR count). The number of ketones is 1. The Hall–Kier alpha value is -1.23. The maximum Gasteiger partial charge on any atom is 0.217 e. The number of halogens is 1. The highest BCUT2D eigenvalue weighted by Gasteiger charge is 2.29. The molecule has 0 N–H and O–H groups in total. The minimum atomic E-state index is -0.764. The zero-order valence-corrected chi connectivity index (χ0v) is 11.3. The highest BCUT2D eigenvalue weighted by Crippen LogP contribution is 2.26. The molecule has 0 aliphatic rings. The normalized spacial score (nSPS) is 14.1. The SMILES string of the molecule is CC(=O)C[C@H](c1ccc(Br)cc1)C(C)[N+](=O)[O-]. The molecular formula is C12H14BrNO3. The van der Waals surface area contributed by atoms with Gasteiger partial charge in [-0.25, -0.2) is 0 Å². The summed E-state index contributed by atoms with van der Waals surface area (Å²) in [7, 11) is 0. The predicted octanol–water partition coefficient (Wildman–Crippen LogP) is 3.18. The summed E-state index contributed by atoms with van der Waals surface area (Å²) < 4.78 is 0.914. The number of nitrogens with zero attached hydrogens (tertiary/aromatic N) is 1. The number of carbonyl (C=O) groups excluding carboxylic acids is 1. The third-order valence-electron chi connectivity index (χ3n) is 2.72.